The molecule has 0 aliphatic carbocycles. The van der Waals surface area contributed by atoms with Crippen molar-refractivity contribution in [3.63, 3.8) is 0 Å². The van der Waals surface area contributed by atoms with E-state index in [0.29, 0.717) is 10.5 Å². The van der Waals surface area contributed by atoms with E-state index in [1.54, 1.807) is 6.07 Å². The summed E-state index contributed by atoms with van der Waals surface area (Å²) in [6.45, 7) is 1.24. The lowest BCUT2D eigenvalue weighted by molar-refractivity contribution is -0.0436. The number of amides is 1. The van der Waals surface area contributed by atoms with Crippen LogP contribution in [0.4, 0.5) is 19.0 Å². The van der Waals surface area contributed by atoms with Crippen molar-refractivity contribution in [2.75, 3.05) is 10.7 Å². The van der Waals surface area contributed by atoms with Gasteiger partial charge in [-0.15, -0.1) is 0 Å². The number of anilines is 1. The van der Waals surface area contributed by atoms with Crippen molar-refractivity contribution < 1.29 is 34.8 Å². The normalized spacial score (nSPS) is 14.9. The molecule has 4 rings (SSSR count). The number of fused-ring (bicyclic) bond motifs is 2. The predicted octanol–water partition coefficient (Wildman–Crippen LogP) is 3.34. The van der Waals surface area contributed by atoms with Crippen LogP contribution in [-0.2, 0) is 26.2 Å². The van der Waals surface area contributed by atoms with Gasteiger partial charge in [-0.2, -0.15) is 13.2 Å². The number of rotatable bonds is 4. The highest BCUT2D eigenvalue weighted by Crippen LogP contribution is 2.37. The zero-order valence-corrected chi connectivity index (χ0v) is 19.3. The number of hydrogen-bond acceptors (Lipinski definition) is 6. The second-order valence-electron chi connectivity index (χ2n) is 6.88. The van der Waals surface area contributed by atoms with Crippen molar-refractivity contribution in [2.24, 2.45) is 0 Å². The molecule has 0 spiro atoms. The molecule has 3 heterocycles. The number of halogens is 4. The van der Waals surface area contributed by atoms with Crippen LogP contribution in [0.15, 0.2) is 50.9 Å². The molecule has 14 heteroatoms. The molecule has 0 unspecified atom stereocenters. The number of carbonyl (C=O) groups is 1. The molecule has 0 bridgehead atoms. The number of imidazole rings is 1. The fraction of sp³-hybridized carbons (Fsp3) is 0.222. The lowest BCUT2D eigenvalue weighted by Crippen LogP contribution is -2.26. The summed E-state index contributed by atoms with van der Waals surface area (Å²) in [6.07, 6.45) is 1.47. The summed E-state index contributed by atoms with van der Waals surface area (Å²) >= 11 is 3.25. The van der Waals surface area contributed by atoms with E-state index < -0.39 is 36.0 Å². The number of hydrogen-bond donors (Lipinski definition) is 0. The van der Waals surface area contributed by atoms with Gasteiger partial charge in [0.15, 0.2) is 20.7 Å². The van der Waals surface area contributed by atoms with E-state index in [2.05, 4.69) is 20.9 Å². The second-order valence-corrected chi connectivity index (χ2v) is 11.9. The zero-order valence-electron chi connectivity index (χ0n) is 16.1. The largest absolute Gasteiger partial charge is 0.501 e. The van der Waals surface area contributed by atoms with Crippen LogP contribution in [0.3, 0.4) is 0 Å². The van der Waals surface area contributed by atoms with Crippen LogP contribution in [0.25, 0.3) is 5.65 Å². The molecule has 1 aliphatic rings. The molecule has 0 atom stereocenters. The van der Waals surface area contributed by atoms with Crippen LogP contribution < -0.4 is 4.90 Å². The smallest absolute Gasteiger partial charge is 0.288 e. The van der Waals surface area contributed by atoms with Gasteiger partial charge in [0.25, 0.3) is 15.7 Å². The van der Waals surface area contributed by atoms with Crippen molar-refractivity contribution in [1.29, 1.82) is 0 Å². The summed E-state index contributed by atoms with van der Waals surface area (Å²) in [4.78, 5) is 17.2. The number of carbonyl (C=O) groups excluding carboxylic acids is 1. The second kappa shape index (κ2) is 7.28. The third kappa shape index (κ3) is 3.40. The Bertz CT molecular complexity index is 1500. The van der Waals surface area contributed by atoms with Gasteiger partial charge in [-0.05, 0) is 45.8 Å². The standard InChI is InChI=1S/C18H13BrF3N3O5S2/c1-2-31(27,28)17-15(23-14-6-4-11(19)9-24(14)17)25-8-10-3-5-12(7-13(10)16(25)26)32(29,30)18(20,21)22/h3-7,9H,2,8H2,1H3. The number of aromatic nitrogens is 2. The fourth-order valence-electron chi connectivity index (χ4n) is 3.34. The first-order chi connectivity index (χ1) is 14.8. The fourth-order valence-corrected chi connectivity index (χ4v) is 5.62. The van der Waals surface area contributed by atoms with Crippen LogP contribution in [0.5, 0.6) is 0 Å². The average Bonchev–Trinajstić information content (AvgIpc) is 3.24. The Morgan fingerprint density at radius 1 is 1.12 bits per heavy atom. The summed E-state index contributed by atoms with van der Waals surface area (Å²) in [5.74, 6) is -1.33. The maximum Gasteiger partial charge on any atom is 0.501 e. The number of alkyl halides is 3. The number of pyridine rings is 1. The van der Waals surface area contributed by atoms with Gasteiger partial charge in [-0.25, -0.2) is 21.8 Å². The Hall–Kier alpha value is -2.45. The Morgan fingerprint density at radius 2 is 1.81 bits per heavy atom. The Labute approximate surface area is 188 Å². The summed E-state index contributed by atoms with van der Waals surface area (Å²) in [5.41, 5.74) is -5.32. The van der Waals surface area contributed by atoms with Crippen molar-refractivity contribution in [2.45, 2.75) is 28.9 Å². The van der Waals surface area contributed by atoms with Crippen LogP contribution >= 0.6 is 15.9 Å². The molecule has 0 saturated carbocycles. The molecule has 1 amide bonds. The zero-order chi connectivity index (χ0) is 23.6. The molecule has 8 nitrogen and oxygen atoms in total. The number of nitrogens with zero attached hydrogens (tertiary/aromatic N) is 3. The molecule has 0 fully saturated rings. The molecule has 0 saturated heterocycles. The van der Waals surface area contributed by atoms with Gasteiger partial charge < -0.3 is 0 Å². The third-order valence-corrected chi connectivity index (χ3v) is 8.63. The van der Waals surface area contributed by atoms with Crippen LogP contribution in [0.1, 0.15) is 22.8 Å². The maximum absolute atomic E-state index is 13.0. The van der Waals surface area contributed by atoms with Gasteiger partial charge in [-0.3, -0.25) is 14.1 Å². The lowest BCUT2D eigenvalue weighted by atomic mass is 10.1. The molecule has 2 aromatic heterocycles. The average molecular weight is 552 g/mol. The van der Waals surface area contributed by atoms with Crippen molar-refractivity contribution in [3.05, 3.63) is 52.1 Å². The minimum atomic E-state index is -5.66. The van der Waals surface area contributed by atoms with Crippen LogP contribution in [0, 0.1) is 0 Å². The quantitative estimate of drug-likeness (QED) is 0.492. The van der Waals surface area contributed by atoms with E-state index in [4.69, 9.17) is 0 Å². The van der Waals surface area contributed by atoms with E-state index in [9.17, 15) is 34.8 Å². The molecule has 0 radical (unpaired) electrons. The molecular formula is C18H13BrF3N3O5S2. The van der Waals surface area contributed by atoms with E-state index in [1.807, 2.05) is 0 Å². The van der Waals surface area contributed by atoms with E-state index in [1.165, 1.54) is 23.6 Å². The van der Waals surface area contributed by atoms with E-state index in [0.717, 1.165) is 17.0 Å². The first-order valence-electron chi connectivity index (χ1n) is 8.94. The SMILES string of the molecule is CCS(=O)(=O)c1c(N2Cc3ccc(S(=O)(=O)C(F)(F)F)cc3C2=O)nc2ccc(Br)cn12. The van der Waals surface area contributed by atoms with Crippen molar-refractivity contribution in [1.82, 2.24) is 9.38 Å². The highest BCUT2D eigenvalue weighted by atomic mass is 79.9. The lowest BCUT2D eigenvalue weighted by Gasteiger charge is -2.14. The van der Waals surface area contributed by atoms with E-state index in [-0.39, 0.29) is 39.9 Å². The minimum Gasteiger partial charge on any atom is -0.288 e. The van der Waals surface area contributed by atoms with Gasteiger partial charge in [0.1, 0.15) is 5.65 Å². The molecule has 32 heavy (non-hydrogen) atoms. The van der Waals surface area contributed by atoms with Crippen LogP contribution in [-0.4, -0.2) is 43.4 Å². The Kier molecular flexibility index (Phi) is 5.17. The summed E-state index contributed by atoms with van der Waals surface area (Å²) in [6, 6.07) is 5.68. The van der Waals surface area contributed by atoms with Gasteiger partial charge >= 0.3 is 5.51 Å². The Morgan fingerprint density at radius 3 is 2.44 bits per heavy atom. The summed E-state index contributed by atoms with van der Waals surface area (Å²) in [5, 5.41) is -0.249. The first-order valence-corrected chi connectivity index (χ1v) is 12.9. The minimum absolute atomic E-state index is 0.183. The molecule has 170 valence electrons. The van der Waals surface area contributed by atoms with Crippen LogP contribution in [0.2, 0.25) is 0 Å². The summed E-state index contributed by atoms with van der Waals surface area (Å²) in [7, 11) is -9.54. The van der Waals surface area contributed by atoms with E-state index >= 15 is 0 Å². The highest BCUT2D eigenvalue weighted by molar-refractivity contribution is 9.10. The Balaban J connectivity index is 1.88. The first kappa shape index (κ1) is 22.7. The monoisotopic (exact) mass is 551 g/mol. The third-order valence-electron chi connectivity index (χ3n) is 4.95. The molecule has 3 aromatic rings. The van der Waals surface area contributed by atoms with Gasteiger partial charge in [0.2, 0.25) is 0 Å². The van der Waals surface area contributed by atoms with Gasteiger partial charge in [0, 0.05) is 16.2 Å². The number of benzene rings is 1. The van der Waals surface area contributed by atoms with Crippen molar-refractivity contribution >= 4 is 53.0 Å². The van der Waals surface area contributed by atoms with Gasteiger partial charge in [-0.1, -0.05) is 13.0 Å². The summed E-state index contributed by atoms with van der Waals surface area (Å²) < 4.78 is 89.7. The molecular weight excluding hydrogens is 539 g/mol. The molecule has 0 N–H and O–H groups in total. The molecule has 1 aromatic carbocycles. The number of sulfone groups is 2. The molecule has 1 aliphatic heterocycles. The predicted molar refractivity (Wildman–Crippen MR) is 111 cm³/mol. The van der Waals surface area contributed by atoms with Gasteiger partial charge in [0.05, 0.1) is 17.2 Å². The highest BCUT2D eigenvalue weighted by Gasteiger charge is 2.47. The maximum atomic E-state index is 13.0. The topological polar surface area (TPSA) is 106 Å². The van der Waals surface area contributed by atoms with Crippen molar-refractivity contribution in [3.8, 4) is 0 Å².